The SMILES string of the molecule is C=C/C=C\C(=C/Cc1nccc2c1sc1ccccc12)c1ccc2c3ccccc3c3ccccc3c2c1. The summed E-state index contributed by atoms with van der Waals surface area (Å²) in [4.78, 5) is 4.79. The van der Waals surface area contributed by atoms with Crippen molar-refractivity contribution in [2.75, 3.05) is 0 Å². The van der Waals surface area contributed by atoms with Crippen LogP contribution in [0.25, 0.3) is 58.1 Å². The van der Waals surface area contributed by atoms with Gasteiger partial charge < -0.3 is 0 Å². The van der Waals surface area contributed by atoms with Gasteiger partial charge in [-0.15, -0.1) is 11.3 Å². The summed E-state index contributed by atoms with van der Waals surface area (Å²) in [5, 5.41) is 10.3. The number of allylic oxidation sites excluding steroid dienone is 5. The van der Waals surface area contributed by atoms with Crippen LogP contribution in [0.5, 0.6) is 0 Å². The number of pyridine rings is 1. The number of benzene rings is 5. The van der Waals surface area contributed by atoms with E-state index in [4.69, 9.17) is 4.98 Å². The van der Waals surface area contributed by atoms with Crippen LogP contribution in [0.3, 0.4) is 0 Å². The van der Waals surface area contributed by atoms with Crippen molar-refractivity contribution in [3.05, 3.63) is 145 Å². The van der Waals surface area contributed by atoms with E-state index in [1.807, 2.05) is 29.7 Å². The summed E-state index contributed by atoms with van der Waals surface area (Å²) in [6, 6.07) is 35.1. The fourth-order valence-corrected chi connectivity index (χ4v) is 6.79. The molecule has 0 amide bonds. The Labute approximate surface area is 225 Å². The molecular formula is C36H25NS. The fourth-order valence-electron chi connectivity index (χ4n) is 5.60. The van der Waals surface area contributed by atoms with Gasteiger partial charge in [0.2, 0.25) is 0 Å². The van der Waals surface area contributed by atoms with Crippen LogP contribution in [0.2, 0.25) is 0 Å². The van der Waals surface area contributed by atoms with Gasteiger partial charge in [-0.25, -0.2) is 0 Å². The molecule has 5 aromatic carbocycles. The van der Waals surface area contributed by atoms with E-state index in [2.05, 4.69) is 116 Å². The third-order valence-electron chi connectivity index (χ3n) is 7.37. The summed E-state index contributed by atoms with van der Waals surface area (Å²) in [7, 11) is 0. The maximum Gasteiger partial charge on any atom is 0.0619 e. The van der Waals surface area contributed by atoms with E-state index in [0.29, 0.717) is 0 Å². The molecule has 0 aliphatic rings. The van der Waals surface area contributed by atoms with Gasteiger partial charge in [0.1, 0.15) is 0 Å². The van der Waals surface area contributed by atoms with Crippen LogP contribution in [-0.2, 0) is 6.42 Å². The Morgan fingerprint density at radius 1 is 0.684 bits per heavy atom. The Morgan fingerprint density at radius 2 is 1.32 bits per heavy atom. The van der Waals surface area contributed by atoms with Gasteiger partial charge in [0.25, 0.3) is 0 Å². The molecule has 0 aliphatic heterocycles. The summed E-state index contributed by atoms with van der Waals surface area (Å²) < 4.78 is 2.58. The van der Waals surface area contributed by atoms with Crippen molar-refractivity contribution in [3.63, 3.8) is 0 Å². The lowest BCUT2D eigenvalue weighted by Gasteiger charge is -2.12. The molecule has 180 valence electrons. The van der Waals surface area contributed by atoms with Crippen molar-refractivity contribution < 1.29 is 0 Å². The molecule has 2 heteroatoms. The molecule has 2 aromatic heterocycles. The zero-order valence-corrected chi connectivity index (χ0v) is 21.7. The Hall–Kier alpha value is -4.53. The zero-order chi connectivity index (χ0) is 25.5. The van der Waals surface area contributed by atoms with Gasteiger partial charge in [0, 0.05) is 28.1 Å². The van der Waals surface area contributed by atoms with Gasteiger partial charge in [0.15, 0.2) is 0 Å². The van der Waals surface area contributed by atoms with Gasteiger partial charge >= 0.3 is 0 Å². The van der Waals surface area contributed by atoms with Crippen LogP contribution < -0.4 is 0 Å². The summed E-state index contributed by atoms with van der Waals surface area (Å²) in [6.07, 6.45) is 11.0. The molecule has 0 atom stereocenters. The van der Waals surface area contributed by atoms with E-state index in [-0.39, 0.29) is 0 Å². The summed E-state index contributed by atoms with van der Waals surface area (Å²) in [6.45, 7) is 3.91. The topological polar surface area (TPSA) is 12.9 Å². The molecule has 0 radical (unpaired) electrons. The van der Waals surface area contributed by atoms with Crippen molar-refractivity contribution in [2.24, 2.45) is 0 Å². The third kappa shape index (κ3) is 3.73. The fraction of sp³-hybridized carbons (Fsp3) is 0.0278. The standard InChI is InChI=1S/C36H25NS/c1-2-3-10-24(18-20-34-36-32(21-22-37-34)31-15-8-9-16-35(31)38-36)25-17-19-30-28-13-5-4-11-26(28)27-12-6-7-14-29(27)33(30)23-25/h2-19,21-23H,1,20H2/b10-3-,24-18+. The molecule has 38 heavy (non-hydrogen) atoms. The minimum Gasteiger partial charge on any atom is -0.259 e. The van der Waals surface area contributed by atoms with Gasteiger partial charge in [-0.3, -0.25) is 4.98 Å². The molecular weight excluding hydrogens is 478 g/mol. The lowest BCUT2D eigenvalue weighted by atomic mass is 9.91. The first-order valence-corrected chi connectivity index (χ1v) is 13.7. The number of hydrogen-bond donors (Lipinski definition) is 0. The zero-order valence-electron chi connectivity index (χ0n) is 20.9. The van der Waals surface area contributed by atoms with Crippen molar-refractivity contribution in [1.29, 1.82) is 0 Å². The van der Waals surface area contributed by atoms with Crippen LogP contribution in [0.15, 0.2) is 134 Å². The second kappa shape index (κ2) is 9.41. The van der Waals surface area contributed by atoms with Crippen LogP contribution in [0, 0.1) is 0 Å². The first-order valence-electron chi connectivity index (χ1n) is 12.9. The van der Waals surface area contributed by atoms with Crippen molar-refractivity contribution in [1.82, 2.24) is 4.98 Å². The first kappa shape index (κ1) is 22.7. The second-order valence-electron chi connectivity index (χ2n) is 9.54. The second-order valence-corrected chi connectivity index (χ2v) is 10.6. The van der Waals surface area contributed by atoms with Crippen LogP contribution in [0.4, 0.5) is 0 Å². The molecule has 0 unspecified atom stereocenters. The summed E-state index contributed by atoms with van der Waals surface area (Å²) >= 11 is 1.83. The number of nitrogens with zero attached hydrogens (tertiary/aromatic N) is 1. The van der Waals surface area contributed by atoms with Crippen molar-refractivity contribution >= 4 is 69.4 Å². The highest BCUT2D eigenvalue weighted by atomic mass is 32.1. The smallest absolute Gasteiger partial charge is 0.0619 e. The Bertz CT molecular complexity index is 2040. The van der Waals surface area contributed by atoms with E-state index in [1.165, 1.54) is 63.6 Å². The molecule has 0 saturated heterocycles. The van der Waals surface area contributed by atoms with Gasteiger partial charge in [-0.05, 0) is 61.7 Å². The maximum absolute atomic E-state index is 4.79. The molecule has 1 nitrogen and oxygen atoms in total. The third-order valence-corrected chi connectivity index (χ3v) is 8.61. The highest BCUT2D eigenvalue weighted by Gasteiger charge is 2.11. The number of aromatic nitrogens is 1. The molecule has 0 aliphatic carbocycles. The largest absolute Gasteiger partial charge is 0.259 e. The lowest BCUT2D eigenvalue weighted by Crippen LogP contribution is -1.90. The molecule has 2 heterocycles. The predicted octanol–water partition coefficient (Wildman–Crippen LogP) is 10.3. The van der Waals surface area contributed by atoms with E-state index < -0.39 is 0 Å². The molecule has 0 saturated carbocycles. The molecule has 7 rings (SSSR count). The van der Waals surface area contributed by atoms with Crippen LogP contribution in [-0.4, -0.2) is 4.98 Å². The number of fused-ring (bicyclic) bond motifs is 9. The lowest BCUT2D eigenvalue weighted by molar-refractivity contribution is 1.15. The van der Waals surface area contributed by atoms with E-state index in [9.17, 15) is 0 Å². The van der Waals surface area contributed by atoms with Crippen LogP contribution in [0.1, 0.15) is 11.3 Å². The molecule has 0 N–H and O–H groups in total. The van der Waals surface area contributed by atoms with Crippen LogP contribution >= 0.6 is 11.3 Å². The Balaban J connectivity index is 1.39. The monoisotopic (exact) mass is 503 g/mol. The van der Waals surface area contributed by atoms with Crippen molar-refractivity contribution in [2.45, 2.75) is 6.42 Å². The average Bonchev–Trinajstić information content (AvgIpc) is 3.37. The van der Waals surface area contributed by atoms with Crippen molar-refractivity contribution in [3.8, 4) is 0 Å². The minimum atomic E-state index is 0.761. The van der Waals surface area contributed by atoms with E-state index >= 15 is 0 Å². The maximum atomic E-state index is 4.79. The number of hydrogen-bond acceptors (Lipinski definition) is 2. The highest BCUT2D eigenvalue weighted by Crippen LogP contribution is 2.37. The summed E-state index contributed by atoms with van der Waals surface area (Å²) in [5.74, 6) is 0. The van der Waals surface area contributed by atoms with E-state index in [0.717, 1.165) is 12.1 Å². The number of rotatable bonds is 5. The first-order chi connectivity index (χ1) is 18.8. The quantitative estimate of drug-likeness (QED) is 0.168. The average molecular weight is 504 g/mol. The molecule has 0 bridgehead atoms. The normalized spacial score (nSPS) is 12.5. The number of thiophene rings is 1. The molecule has 0 fully saturated rings. The molecule has 7 aromatic rings. The Kier molecular flexibility index (Phi) is 5.61. The molecule has 0 spiro atoms. The van der Waals surface area contributed by atoms with E-state index in [1.54, 1.807) is 0 Å². The van der Waals surface area contributed by atoms with Gasteiger partial charge in [0.05, 0.1) is 10.4 Å². The van der Waals surface area contributed by atoms with Gasteiger partial charge in [-0.1, -0.05) is 110 Å². The van der Waals surface area contributed by atoms with Gasteiger partial charge in [-0.2, -0.15) is 0 Å². The predicted molar refractivity (Wildman–Crippen MR) is 167 cm³/mol. The highest BCUT2D eigenvalue weighted by molar-refractivity contribution is 7.26. The summed E-state index contributed by atoms with van der Waals surface area (Å²) in [5.41, 5.74) is 3.48. The Morgan fingerprint density at radius 3 is 2.03 bits per heavy atom. The minimum absolute atomic E-state index is 0.761.